The molecule has 1 fully saturated rings. The van der Waals surface area contributed by atoms with Crippen molar-refractivity contribution in [1.82, 2.24) is 5.32 Å². The first-order valence-electron chi connectivity index (χ1n) is 6.45. The molecule has 13 heteroatoms. The third-order valence-electron chi connectivity index (χ3n) is 3.36. The molecule has 0 aliphatic carbocycles. The molecule has 2 rings (SSSR count). The van der Waals surface area contributed by atoms with Gasteiger partial charge in [0.05, 0.1) is 18.2 Å². The van der Waals surface area contributed by atoms with Crippen molar-refractivity contribution in [2.45, 2.75) is 24.3 Å². The molecule has 1 saturated heterocycles. The molecule has 1 amide bonds. The van der Waals surface area contributed by atoms with Crippen molar-refractivity contribution < 1.29 is 49.4 Å². The lowest BCUT2D eigenvalue weighted by Gasteiger charge is -2.34. The number of methoxy groups -OCH3 is 1. The van der Waals surface area contributed by atoms with Crippen molar-refractivity contribution in [1.29, 1.82) is 0 Å². The molecule has 1 heterocycles. The van der Waals surface area contributed by atoms with Crippen LogP contribution in [0.3, 0.4) is 0 Å². The van der Waals surface area contributed by atoms with Crippen LogP contribution in [0, 0.1) is 0 Å². The zero-order valence-corrected chi connectivity index (χ0v) is 13.4. The lowest BCUT2D eigenvalue weighted by atomic mass is 9.91. The summed E-state index contributed by atoms with van der Waals surface area (Å²) in [7, 11) is 0.721. The van der Waals surface area contributed by atoms with Crippen molar-refractivity contribution in [2.24, 2.45) is 0 Å². The third kappa shape index (κ3) is 4.22. The van der Waals surface area contributed by atoms with Crippen LogP contribution in [0.15, 0.2) is 12.1 Å². The van der Waals surface area contributed by atoms with Crippen molar-refractivity contribution >= 4 is 18.5 Å². The van der Waals surface area contributed by atoms with E-state index >= 15 is 0 Å². The Morgan fingerprint density at radius 2 is 1.73 bits per heavy atom. The maximum atomic E-state index is 14.0. The van der Waals surface area contributed by atoms with E-state index in [1.54, 1.807) is 0 Å². The number of alkyl halides is 8. The second-order valence-corrected chi connectivity index (χ2v) is 5.05. The molecule has 1 aromatic carbocycles. The van der Waals surface area contributed by atoms with E-state index in [1.165, 1.54) is 5.32 Å². The highest BCUT2D eigenvalue weighted by molar-refractivity contribution is 5.85. The molecular weight excluding hydrogens is 406 g/mol. The summed E-state index contributed by atoms with van der Waals surface area (Å²) in [4.78, 5) is 11.2. The predicted octanol–water partition coefficient (Wildman–Crippen LogP) is 4.57. The number of amides is 1. The minimum Gasteiger partial charge on any atom is -0.496 e. The number of carbonyl (C=O) groups is 1. The molecule has 1 aromatic rings. The summed E-state index contributed by atoms with van der Waals surface area (Å²) in [5.74, 6) is -5.10. The van der Waals surface area contributed by atoms with Crippen LogP contribution in [-0.2, 0) is 17.1 Å². The van der Waals surface area contributed by atoms with Gasteiger partial charge in [0.1, 0.15) is 11.8 Å². The lowest BCUT2D eigenvalue weighted by molar-refractivity contribution is -0.146. The van der Waals surface area contributed by atoms with Gasteiger partial charge in [0.25, 0.3) is 0 Å². The minimum absolute atomic E-state index is 0. The normalized spacial score (nSPS) is 19.9. The third-order valence-corrected chi connectivity index (χ3v) is 3.36. The Kier molecular flexibility index (Phi) is 5.91. The Balaban J connectivity index is 0.00000338. The van der Waals surface area contributed by atoms with Gasteiger partial charge in [-0.15, -0.1) is 12.4 Å². The Hall–Kier alpha value is -1.98. The van der Waals surface area contributed by atoms with Crippen LogP contribution < -0.4 is 10.1 Å². The molecule has 0 saturated carbocycles. The van der Waals surface area contributed by atoms with E-state index < -0.39 is 59.5 Å². The average Bonchev–Trinajstić information content (AvgIpc) is 2.46. The largest absolute Gasteiger partial charge is 0.496 e. The molecule has 26 heavy (non-hydrogen) atoms. The molecule has 0 bridgehead atoms. The second-order valence-electron chi connectivity index (χ2n) is 5.05. The number of halogens is 9. The van der Waals surface area contributed by atoms with Crippen LogP contribution >= 0.6 is 12.4 Å². The Labute approximate surface area is 146 Å². The summed E-state index contributed by atoms with van der Waals surface area (Å²) >= 11 is 0. The van der Waals surface area contributed by atoms with E-state index in [2.05, 4.69) is 9.47 Å². The van der Waals surface area contributed by atoms with E-state index in [-0.39, 0.29) is 24.5 Å². The number of cyclic esters (lactones) is 1. The summed E-state index contributed by atoms with van der Waals surface area (Å²) in [6, 6.07) is -2.74. The van der Waals surface area contributed by atoms with Crippen molar-refractivity contribution in [3.8, 4) is 5.75 Å². The number of hydrogen-bond acceptors (Lipinski definition) is 3. The summed E-state index contributed by atoms with van der Waals surface area (Å²) in [6.07, 6.45) is -12.0. The fraction of sp³-hybridized carbons (Fsp3) is 0.462. The zero-order valence-electron chi connectivity index (χ0n) is 12.6. The SMILES string of the molecule is COc1cc(C(F)(F)F)cc(C(F)(F)F)c1[C@@H]1NC(=O)OCC1(F)F.Cl. The molecule has 1 aliphatic rings. The van der Waals surface area contributed by atoms with Gasteiger partial charge in [0.15, 0.2) is 6.61 Å². The molecule has 1 N–H and O–H groups in total. The molecule has 0 spiro atoms. The highest BCUT2D eigenvalue weighted by Gasteiger charge is 2.52. The van der Waals surface area contributed by atoms with E-state index in [9.17, 15) is 39.9 Å². The van der Waals surface area contributed by atoms with Crippen LogP contribution in [0.2, 0.25) is 0 Å². The fourth-order valence-electron chi connectivity index (χ4n) is 2.29. The Morgan fingerprint density at radius 3 is 2.19 bits per heavy atom. The summed E-state index contributed by atoms with van der Waals surface area (Å²) in [5, 5.41) is 1.50. The molecule has 1 aliphatic heterocycles. The van der Waals surface area contributed by atoms with Crippen LogP contribution in [-0.4, -0.2) is 25.7 Å². The van der Waals surface area contributed by atoms with Gasteiger partial charge in [-0.2, -0.15) is 26.3 Å². The summed E-state index contributed by atoms with van der Waals surface area (Å²) in [5.41, 5.74) is -5.04. The van der Waals surface area contributed by atoms with Gasteiger partial charge in [-0.25, -0.2) is 13.6 Å². The van der Waals surface area contributed by atoms with Crippen LogP contribution in [0.25, 0.3) is 0 Å². The van der Waals surface area contributed by atoms with E-state index in [4.69, 9.17) is 0 Å². The van der Waals surface area contributed by atoms with Crippen molar-refractivity contribution in [2.75, 3.05) is 13.7 Å². The Bertz CT molecular complexity index is 689. The molecule has 0 unspecified atom stereocenters. The van der Waals surface area contributed by atoms with Gasteiger partial charge in [-0.1, -0.05) is 0 Å². The first kappa shape index (κ1) is 22.1. The first-order chi connectivity index (χ1) is 11.3. The number of hydrogen-bond donors (Lipinski definition) is 1. The number of alkyl carbamates (subject to hydrolysis) is 1. The quantitative estimate of drug-likeness (QED) is 0.720. The number of ether oxygens (including phenoxy) is 2. The molecule has 0 radical (unpaired) electrons. The standard InChI is InChI=1S/C13H9F8NO3.ClH/c1-24-7-3-5(12(16,17)18)2-6(13(19,20)21)8(7)9-11(14,15)4-25-10(23)22-9;/h2-3,9H,4H2,1H3,(H,22,23);1H/t9-;/m0./s1. The number of nitrogens with one attached hydrogen (secondary N) is 1. The molecule has 1 atom stereocenters. The van der Waals surface area contributed by atoms with Crippen molar-refractivity contribution in [3.05, 3.63) is 28.8 Å². The van der Waals surface area contributed by atoms with Crippen LogP contribution in [0.4, 0.5) is 39.9 Å². The minimum atomic E-state index is -5.41. The van der Waals surface area contributed by atoms with E-state index in [1.807, 2.05) is 0 Å². The Morgan fingerprint density at radius 1 is 1.15 bits per heavy atom. The van der Waals surface area contributed by atoms with Crippen LogP contribution in [0.5, 0.6) is 5.75 Å². The van der Waals surface area contributed by atoms with Gasteiger partial charge in [0, 0.05) is 5.56 Å². The lowest BCUT2D eigenvalue weighted by Crippen LogP contribution is -2.50. The maximum Gasteiger partial charge on any atom is 0.416 e. The van der Waals surface area contributed by atoms with Gasteiger partial charge >= 0.3 is 24.4 Å². The number of carbonyl (C=O) groups excluding carboxylic acids is 1. The summed E-state index contributed by atoms with van der Waals surface area (Å²) < 4.78 is 114. The van der Waals surface area contributed by atoms with E-state index in [0.29, 0.717) is 0 Å². The van der Waals surface area contributed by atoms with Gasteiger partial charge in [0.2, 0.25) is 0 Å². The maximum absolute atomic E-state index is 14.0. The second kappa shape index (κ2) is 6.97. The molecule has 148 valence electrons. The van der Waals surface area contributed by atoms with Gasteiger partial charge < -0.3 is 14.8 Å². The highest BCUT2D eigenvalue weighted by Crippen LogP contribution is 2.47. The van der Waals surface area contributed by atoms with Gasteiger partial charge in [-0.05, 0) is 12.1 Å². The monoisotopic (exact) mass is 415 g/mol. The zero-order chi connectivity index (χ0) is 19.2. The fourth-order valence-corrected chi connectivity index (χ4v) is 2.29. The van der Waals surface area contributed by atoms with Gasteiger partial charge in [-0.3, -0.25) is 0 Å². The smallest absolute Gasteiger partial charge is 0.416 e. The number of rotatable bonds is 2. The predicted molar refractivity (Wildman–Crippen MR) is 72.4 cm³/mol. The van der Waals surface area contributed by atoms with Crippen molar-refractivity contribution in [3.63, 3.8) is 0 Å². The molecule has 4 nitrogen and oxygen atoms in total. The average molecular weight is 416 g/mol. The molecular formula is C13H10ClF8NO3. The molecule has 0 aromatic heterocycles. The first-order valence-corrected chi connectivity index (χ1v) is 6.45. The topological polar surface area (TPSA) is 47.6 Å². The number of benzene rings is 1. The summed E-state index contributed by atoms with van der Waals surface area (Å²) in [6.45, 7) is -1.54. The van der Waals surface area contributed by atoms with E-state index in [0.717, 1.165) is 7.11 Å². The van der Waals surface area contributed by atoms with Crippen LogP contribution in [0.1, 0.15) is 22.7 Å². The highest BCUT2D eigenvalue weighted by atomic mass is 35.5.